The molecule has 4 aliphatic rings. The van der Waals surface area contributed by atoms with Crippen molar-refractivity contribution in [2.24, 2.45) is 23.7 Å². The van der Waals surface area contributed by atoms with E-state index in [9.17, 15) is 19.2 Å². The van der Waals surface area contributed by atoms with E-state index in [2.05, 4.69) is 13.8 Å². The second-order valence-corrected chi connectivity index (χ2v) is 18.0. The molecule has 8 unspecified atom stereocenters. The summed E-state index contributed by atoms with van der Waals surface area (Å²) in [6.45, 7) is 6.07. The second kappa shape index (κ2) is 29.1. The maximum Gasteiger partial charge on any atom is 0.309 e. The number of rotatable bonds is 35. The van der Waals surface area contributed by atoms with Crippen LogP contribution in [-0.4, -0.2) is 74.7 Å². The van der Waals surface area contributed by atoms with Crippen LogP contribution in [0.1, 0.15) is 206 Å². The zero-order valence-corrected chi connectivity index (χ0v) is 36.7. The highest BCUT2D eigenvalue weighted by Crippen LogP contribution is 2.45. The van der Waals surface area contributed by atoms with Gasteiger partial charge in [-0.15, -0.1) is 0 Å². The highest BCUT2D eigenvalue weighted by molar-refractivity contribution is 5.83. The van der Waals surface area contributed by atoms with Gasteiger partial charge in [-0.05, 0) is 51.4 Å². The topological polar surface area (TPSA) is 130 Å². The van der Waals surface area contributed by atoms with Gasteiger partial charge in [0.2, 0.25) is 0 Å². The zero-order chi connectivity index (χ0) is 41.2. The van der Waals surface area contributed by atoms with Crippen molar-refractivity contribution in [3.8, 4) is 0 Å². The van der Waals surface area contributed by atoms with Crippen LogP contribution in [0.5, 0.6) is 0 Å². The number of hydrogen-bond donors (Lipinski definition) is 0. The Morgan fingerprint density at radius 3 is 0.724 bits per heavy atom. The quantitative estimate of drug-likeness (QED) is 0.0264. The molecule has 0 bridgehead atoms. The summed E-state index contributed by atoms with van der Waals surface area (Å²) in [5, 5.41) is 0. The Kier molecular flexibility index (Phi) is 24.3. The minimum atomic E-state index is -0.474. The number of ether oxygens (including phenoxy) is 6. The molecule has 10 nitrogen and oxygen atoms in total. The van der Waals surface area contributed by atoms with Gasteiger partial charge < -0.3 is 28.4 Å². The molecular formula is C48H82O10. The average Bonchev–Trinajstić information content (AvgIpc) is 4.17. The Balaban J connectivity index is 0.963. The van der Waals surface area contributed by atoms with E-state index in [0.29, 0.717) is 52.1 Å². The van der Waals surface area contributed by atoms with Crippen molar-refractivity contribution in [3.05, 3.63) is 0 Å². The molecule has 0 spiro atoms. The normalized spacial score (nSPS) is 25.6. The number of carbonyl (C=O) groups excluding carboxylic acids is 4. The van der Waals surface area contributed by atoms with E-state index in [0.717, 1.165) is 77.0 Å². The third-order valence-electron chi connectivity index (χ3n) is 13.0. The van der Waals surface area contributed by atoms with Crippen LogP contribution in [0.2, 0.25) is 0 Å². The summed E-state index contributed by atoms with van der Waals surface area (Å²) in [6, 6.07) is 0. The summed E-state index contributed by atoms with van der Waals surface area (Å²) in [6.07, 6.45) is 32.3. The van der Waals surface area contributed by atoms with E-state index in [-0.39, 0.29) is 48.3 Å². The van der Waals surface area contributed by atoms with Gasteiger partial charge in [-0.3, -0.25) is 19.2 Å². The van der Waals surface area contributed by atoms with Crippen molar-refractivity contribution in [1.82, 2.24) is 0 Å². The van der Waals surface area contributed by atoms with E-state index < -0.39 is 23.7 Å². The van der Waals surface area contributed by atoms with Crippen LogP contribution in [-0.2, 0) is 47.6 Å². The molecule has 10 heteroatoms. The third-order valence-corrected chi connectivity index (χ3v) is 13.0. The van der Waals surface area contributed by atoms with E-state index in [1.165, 1.54) is 89.9 Å². The van der Waals surface area contributed by atoms with E-state index in [1.54, 1.807) is 0 Å². The average molecular weight is 819 g/mol. The summed E-state index contributed by atoms with van der Waals surface area (Å²) in [5.41, 5.74) is 0. The molecule has 0 aromatic rings. The van der Waals surface area contributed by atoms with Crippen LogP contribution in [0.15, 0.2) is 0 Å². The van der Waals surface area contributed by atoms with Crippen LogP contribution < -0.4 is 0 Å². The fourth-order valence-electron chi connectivity index (χ4n) is 9.10. The highest BCUT2D eigenvalue weighted by atomic mass is 16.6. The number of carbonyl (C=O) groups is 4. The maximum atomic E-state index is 13.0. The largest absolute Gasteiger partial charge is 0.465 e. The van der Waals surface area contributed by atoms with Gasteiger partial charge in [-0.1, -0.05) is 155 Å². The Labute approximate surface area is 351 Å². The van der Waals surface area contributed by atoms with Gasteiger partial charge in [0.15, 0.2) is 0 Å². The van der Waals surface area contributed by atoms with Crippen LogP contribution in [0.4, 0.5) is 0 Å². The fraction of sp³-hybridized carbons (Fsp3) is 0.917. The first-order valence-electron chi connectivity index (χ1n) is 24.4. The van der Waals surface area contributed by atoms with Crippen molar-refractivity contribution in [1.29, 1.82) is 0 Å². The van der Waals surface area contributed by atoms with Gasteiger partial charge in [0.1, 0.15) is 0 Å². The van der Waals surface area contributed by atoms with E-state index in [1.807, 2.05) is 0 Å². The standard InChI is InChI=1S/C48H82O10/c1-3-5-7-9-11-13-17-21-25-29-53-45(49)37-33-41-43(57-41)35-39(37)47(51)55-31-27-23-19-15-16-20-24-28-32-56-48(52)40-36-44-42(58-44)34-38(40)46(50)54-30-26-22-18-14-12-10-8-6-4-2/h37-44H,3-36H2,1-2H3. The lowest BCUT2D eigenvalue weighted by atomic mass is 9.79. The minimum absolute atomic E-state index is 0.0745. The number of unbranched alkanes of at least 4 members (excludes halogenated alkanes) is 23. The first kappa shape index (κ1) is 48.5. The summed E-state index contributed by atoms with van der Waals surface area (Å²) < 4.78 is 34.0. The summed E-state index contributed by atoms with van der Waals surface area (Å²) >= 11 is 0. The zero-order valence-electron chi connectivity index (χ0n) is 36.7. The van der Waals surface area contributed by atoms with Crippen molar-refractivity contribution < 1.29 is 47.6 Å². The summed E-state index contributed by atoms with van der Waals surface area (Å²) in [4.78, 5) is 52.0. The SMILES string of the molecule is CCCCCCCCCCCOC(=O)C1CC2OC2CC1C(=O)OCCCCCCCCCCOC(=O)C1CC2OC2CC1C(=O)OCCCCCCCCCCC. The van der Waals surface area contributed by atoms with Crippen LogP contribution in [0.3, 0.4) is 0 Å². The molecule has 2 aliphatic heterocycles. The van der Waals surface area contributed by atoms with Gasteiger partial charge >= 0.3 is 23.9 Å². The number of hydrogen-bond acceptors (Lipinski definition) is 10. The van der Waals surface area contributed by atoms with Gasteiger partial charge in [-0.25, -0.2) is 0 Å². The monoisotopic (exact) mass is 819 g/mol. The Bertz CT molecular complexity index is 1070. The van der Waals surface area contributed by atoms with Crippen LogP contribution >= 0.6 is 0 Å². The molecule has 4 fully saturated rings. The molecule has 4 rings (SSSR count). The van der Waals surface area contributed by atoms with Crippen molar-refractivity contribution in [3.63, 3.8) is 0 Å². The van der Waals surface area contributed by atoms with E-state index >= 15 is 0 Å². The molecular weight excluding hydrogens is 737 g/mol. The van der Waals surface area contributed by atoms with Gasteiger partial charge in [0.25, 0.3) is 0 Å². The molecule has 0 N–H and O–H groups in total. The second-order valence-electron chi connectivity index (χ2n) is 18.0. The molecule has 2 saturated heterocycles. The molecule has 0 aromatic heterocycles. The molecule has 8 atom stereocenters. The predicted molar refractivity (Wildman–Crippen MR) is 225 cm³/mol. The highest BCUT2D eigenvalue weighted by Gasteiger charge is 2.54. The van der Waals surface area contributed by atoms with Gasteiger partial charge in [0.05, 0.1) is 74.5 Å². The van der Waals surface area contributed by atoms with Gasteiger partial charge in [0, 0.05) is 0 Å². The lowest BCUT2D eigenvalue weighted by Crippen LogP contribution is -2.37. The van der Waals surface area contributed by atoms with Gasteiger partial charge in [-0.2, -0.15) is 0 Å². The van der Waals surface area contributed by atoms with Crippen molar-refractivity contribution >= 4 is 23.9 Å². The molecule has 2 heterocycles. The lowest BCUT2D eigenvalue weighted by molar-refractivity contribution is -0.162. The lowest BCUT2D eigenvalue weighted by Gasteiger charge is -2.26. The first-order valence-corrected chi connectivity index (χ1v) is 24.4. The Morgan fingerprint density at radius 2 is 0.517 bits per heavy atom. The summed E-state index contributed by atoms with van der Waals surface area (Å²) in [5.74, 6) is -2.99. The van der Waals surface area contributed by atoms with E-state index in [4.69, 9.17) is 28.4 Å². The third kappa shape index (κ3) is 19.0. The molecule has 2 saturated carbocycles. The molecule has 0 amide bonds. The fourth-order valence-corrected chi connectivity index (χ4v) is 9.10. The molecule has 334 valence electrons. The smallest absolute Gasteiger partial charge is 0.309 e. The molecule has 2 aliphatic carbocycles. The van der Waals surface area contributed by atoms with Crippen molar-refractivity contribution in [2.75, 3.05) is 26.4 Å². The predicted octanol–water partition coefficient (Wildman–Crippen LogP) is 10.9. The minimum Gasteiger partial charge on any atom is -0.465 e. The Hall–Kier alpha value is -2.20. The van der Waals surface area contributed by atoms with Crippen LogP contribution in [0, 0.1) is 23.7 Å². The maximum absolute atomic E-state index is 13.0. The molecule has 58 heavy (non-hydrogen) atoms. The summed E-state index contributed by atoms with van der Waals surface area (Å²) in [7, 11) is 0. The number of fused-ring (bicyclic) bond motifs is 2. The molecule has 0 aromatic carbocycles. The molecule has 0 radical (unpaired) electrons. The number of esters is 4. The Morgan fingerprint density at radius 1 is 0.328 bits per heavy atom. The number of epoxide rings is 2. The first-order chi connectivity index (χ1) is 28.4. The van der Waals surface area contributed by atoms with Crippen molar-refractivity contribution in [2.45, 2.75) is 231 Å². The van der Waals surface area contributed by atoms with Crippen LogP contribution in [0.25, 0.3) is 0 Å².